The molecule has 0 aliphatic carbocycles. The highest BCUT2D eigenvalue weighted by atomic mass is 35.5. The second-order valence-corrected chi connectivity index (χ2v) is 4.72. The van der Waals surface area contributed by atoms with Crippen molar-refractivity contribution >= 4 is 17.5 Å². The number of amides is 1. The van der Waals surface area contributed by atoms with Gasteiger partial charge in [-0.2, -0.15) is 0 Å². The predicted molar refractivity (Wildman–Crippen MR) is 70.9 cm³/mol. The van der Waals surface area contributed by atoms with Crippen molar-refractivity contribution in [1.29, 1.82) is 0 Å². The van der Waals surface area contributed by atoms with E-state index < -0.39 is 5.60 Å². The summed E-state index contributed by atoms with van der Waals surface area (Å²) < 4.78 is 10.3. The Labute approximate surface area is 112 Å². The van der Waals surface area contributed by atoms with Crippen LogP contribution in [0.25, 0.3) is 0 Å². The highest BCUT2D eigenvalue weighted by Crippen LogP contribution is 2.26. The lowest BCUT2D eigenvalue weighted by molar-refractivity contribution is -0.139. The zero-order valence-electron chi connectivity index (χ0n) is 11.0. The minimum absolute atomic E-state index is 0.202. The summed E-state index contributed by atoms with van der Waals surface area (Å²) in [7, 11) is 3.06. The molecule has 0 radical (unpaired) electrons. The number of benzene rings is 1. The van der Waals surface area contributed by atoms with Crippen molar-refractivity contribution in [3.05, 3.63) is 28.8 Å². The van der Waals surface area contributed by atoms with Crippen LogP contribution in [0.5, 0.6) is 5.75 Å². The van der Waals surface area contributed by atoms with Gasteiger partial charge in [-0.05, 0) is 26.0 Å². The third kappa shape index (κ3) is 3.37. The van der Waals surface area contributed by atoms with Crippen LogP contribution in [0.15, 0.2) is 18.2 Å². The average Bonchev–Trinajstić information content (AvgIpc) is 2.36. The van der Waals surface area contributed by atoms with E-state index in [-0.39, 0.29) is 5.91 Å². The Morgan fingerprint density at radius 3 is 2.61 bits per heavy atom. The van der Waals surface area contributed by atoms with E-state index in [0.717, 1.165) is 5.56 Å². The van der Waals surface area contributed by atoms with Gasteiger partial charge in [0.25, 0.3) is 5.91 Å². The van der Waals surface area contributed by atoms with Gasteiger partial charge in [0.2, 0.25) is 0 Å². The lowest BCUT2D eigenvalue weighted by atomic mass is 10.1. The minimum Gasteiger partial charge on any atom is -0.496 e. The van der Waals surface area contributed by atoms with Gasteiger partial charge in [-0.3, -0.25) is 4.79 Å². The Morgan fingerprint density at radius 2 is 2.06 bits per heavy atom. The van der Waals surface area contributed by atoms with E-state index in [1.165, 1.54) is 7.11 Å². The summed E-state index contributed by atoms with van der Waals surface area (Å²) in [6, 6.07) is 5.35. The van der Waals surface area contributed by atoms with Crippen LogP contribution in [0.3, 0.4) is 0 Å². The largest absolute Gasteiger partial charge is 0.496 e. The monoisotopic (exact) mass is 271 g/mol. The molecule has 1 amide bonds. The second kappa shape index (κ2) is 6.07. The Balaban J connectivity index is 2.78. The first-order valence-electron chi connectivity index (χ1n) is 5.57. The Kier molecular flexibility index (Phi) is 4.99. The SMILES string of the molecule is COc1cccc(Cl)c1CNC(=O)C(C)(C)OC. The number of rotatable bonds is 5. The van der Waals surface area contributed by atoms with E-state index in [1.807, 2.05) is 0 Å². The first-order valence-corrected chi connectivity index (χ1v) is 5.95. The molecule has 1 aromatic carbocycles. The van der Waals surface area contributed by atoms with E-state index in [9.17, 15) is 4.79 Å². The standard InChI is InChI=1S/C13H18ClNO3/c1-13(2,18-4)12(16)15-8-9-10(14)6-5-7-11(9)17-3/h5-7H,8H2,1-4H3,(H,15,16). The van der Waals surface area contributed by atoms with E-state index in [0.29, 0.717) is 17.3 Å². The number of hydrogen-bond acceptors (Lipinski definition) is 3. The van der Waals surface area contributed by atoms with Crippen LogP contribution in [0, 0.1) is 0 Å². The van der Waals surface area contributed by atoms with Crippen molar-refractivity contribution in [2.45, 2.75) is 26.0 Å². The molecule has 0 unspecified atom stereocenters. The zero-order chi connectivity index (χ0) is 13.8. The van der Waals surface area contributed by atoms with Gasteiger partial charge < -0.3 is 14.8 Å². The maximum Gasteiger partial charge on any atom is 0.251 e. The normalized spacial score (nSPS) is 11.2. The number of methoxy groups -OCH3 is 2. The topological polar surface area (TPSA) is 47.6 Å². The number of hydrogen-bond donors (Lipinski definition) is 1. The van der Waals surface area contributed by atoms with E-state index in [1.54, 1.807) is 39.2 Å². The molecule has 18 heavy (non-hydrogen) atoms. The zero-order valence-corrected chi connectivity index (χ0v) is 11.8. The van der Waals surface area contributed by atoms with Crippen LogP contribution < -0.4 is 10.1 Å². The van der Waals surface area contributed by atoms with Crippen LogP contribution in [-0.2, 0) is 16.1 Å². The van der Waals surface area contributed by atoms with Crippen molar-refractivity contribution < 1.29 is 14.3 Å². The molecule has 0 spiro atoms. The number of carbonyl (C=O) groups excluding carboxylic acids is 1. The molecule has 1 aromatic rings. The average molecular weight is 272 g/mol. The molecule has 0 bridgehead atoms. The number of carbonyl (C=O) groups is 1. The molecule has 5 heteroatoms. The third-order valence-corrected chi connectivity index (χ3v) is 3.13. The summed E-state index contributed by atoms with van der Waals surface area (Å²) in [5.41, 5.74) is -0.115. The smallest absolute Gasteiger partial charge is 0.251 e. The fourth-order valence-electron chi connectivity index (χ4n) is 1.38. The molecular formula is C13H18ClNO3. The highest BCUT2D eigenvalue weighted by Gasteiger charge is 2.26. The predicted octanol–water partition coefficient (Wildman–Crippen LogP) is 2.39. The summed E-state index contributed by atoms with van der Waals surface area (Å²) in [5.74, 6) is 0.449. The molecule has 100 valence electrons. The lowest BCUT2D eigenvalue weighted by Gasteiger charge is -2.22. The fraction of sp³-hybridized carbons (Fsp3) is 0.462. The lowest BCUT2D eigenvalue weighted by Crippen LogP contribution is -2.43. The van der Waals surface area contributed by atoms with Crippen molar-refractivity contribution in [2.24, 2.45) is 0 Å². The molecular weight excluding hydrogens is 254 g/mol. The maximum absolute atomic E-state index is 11.9. The molecule has 0 fully saturated rings. The Bertz CT molecular complexity index is 432. The van der Waals surface area contributed by atoms with Gasteiger partial charge in [0.1, 0.15) is 11.4 Å². The number of nitrogens with one attached hydrogen (secondary N) is 1. The first-order chi connectivity index (χ1) is 8.42. The van der Waals surface area contributed by atoms with Gasteiger partial charge in [0, 0.05) is 24.2 Å². The van der Waals surface area contributed by atoms with Gasteiger partial charge in [-0.1, -0.05) is 17.7 Å². The third-order valence-electron chi connectivity index (χ3n) is 2.78. The van der Waals surface area contributed by atoms with Gasteiger partial charge in [0.15, 0.2) is 0 Å². The molecule has 0 aromatic heterocycles. The summed E-state index contributed by atoms with van der Waals surface area (Å²) in [4.78, 5) is 11.9. The van der Waals surface area contributed by atoms with Gasteiger partial charge in [-0.25, -0.2) is 0 Å². The number of halogens is 1. The van der Waals surface area contributed by atoms with Crippen LogP contribution in [0.2, 0.25) is 5.02 Å². The quantitative estimate of drug-likeness (QED) is 0.895. The molecule has 4 nitrogen and oxygen atoms in total. The van der Waals surface area contributed by atoms with Gasteiger partial charge >= 0.3 is 0 Å². The molecule has 0 saturated carbocycles. The van der Waals surface area contributed by atoms with Crippen molar-refractivity contribution in [3.63, 3.8) is 0 Å². The highest BCUT2D eigenvalue weighted by molar-refractivity contribution is 6.31. The van der Waals surface area contributed by atoms with Crippen molar-refractivity contribution in [3.8, 4) is 5.75 Å². The molecule has 1 N–H and O–H groups in total. The summed E-state index contributed by atoms with van der Waals surface area (Å²) in [6.07, 6.45) is 0. The molecule has 0 aliphatic heterocycles. The summed E-state index contributed by atoms with van der Waals surface area (Å²) in [6.45, 7) is 3.70. The van der Waals surface area contributed by atoms with Gasteiger partial charge in [-0.15, -0.1) is 0 Å². The molecule has 0 saturated heterocycles. The minimum atomic E-state index is -0.867. The molecule has 0 heterocycles. The van der Waals surface area contributed by atoms with Crippen molar-refractivity contribution in [2.75, 3.05) is 14.2 Å². The summed E-state index contributed by atoms with van der Waals surface area (Å²) >= 11 is 6.08. The molecule has 0 atom stereocenters. The fourth-order valence-corrected chi connectivity index (χ4v) is 1.61. The molecule has 1 rings (SSSR count). The second-order valence-electron chi connectivity index (χ2n) is 4.32. The first kappa shape index (κ1) is 14.8. The van der Waals surface area contributed by atoms with Crippen LogP contribution >= 0.6 is 11.6 Å². The maximum atomic E-state index is 11.9. The number of ether oxygens (including phenoxy) is 2. The van der Waals surface area contributed by atoms with Gasteiger partial charge in [0.05, 0.1) is 7.11 Å². The molecule has 0 aliphatic rings. The van der Waals surface area contributed by atoms with Crippen LogP contribution in [0.4, 0.5) is 0 Å². The van der Waals surface area contributed by atoms with E-state index >= 15 is 0 Å². The Hall–Kier alpha value is -1.26. The van der Waals surface area contributed by atoms with E-state index in [4.69, 9.17) is 21.1 Å². The summed E-state index contributed by atoms with van der Waals surface area (Å²) in [5, 5.41) is 3.34. The Morgan fingerprint density at radius 1 is 1.39 bits per heavy atom. The van der Waals surface area contributed by atoms with Crippen LogP contribution in [-0.4, -0.2) is 25.7 Å². The van der Waals surface area contributed by atoms with E-state index in [2.05, 4.69) is 5.32 Å². The van der Waals surface area contributed by atoms with Crippen LogP contribution in [0.1, 0.15) is 19.4 Å². The van der Waals surface area contributed by atoms with Crippen molar-refractivity contribution in [1.82, 2.24) is 5.32 Å².